The summed E-state index contributed by atoms with van der Waals surface area (Å²) in [4.78, 5) is 16.6. The van der Waals surface area contributed by atoms with Crippen molar-refractivity contribution in [3.05, 3.63) is 78.0 Å². The molecule has 1 amide bonds. The molecule has 3 rings (SSSR count). The average molecular weight is 358 g/mol. The van der Waals surface area contributed by atoms with Gasteiger partial charge in [0.25, 0.3) is 5.91 Å². The number of benzene rings is 2. The van der Waals surface area contributed by atoms with Gasteiger partial charge in [0.15, 0.2) is 0 Å². The third-order valence-electron chi connectivity index (χ3n) is 3.74. The summed E-state index contributed by atoms with van der Waals surface area (Å²) in [6.45, 7) is 2.56. The fourth-order valence-corrected chi connectivity index (χ4v) is 2.38. The summed E-state index contributed by atoms with van der Waals surface area (Å²) < 4.78 is 5.41. The van der Waals surface area contributed by atoms with Gasteiger partial charge in [-0.25, -0.2) is 4.98 Å². The van der Waals surface area contributed by atoms with Crippen LogP contribution in [0.4, 0.5) is 17.2 Å². The minimum atomic E-state index is -0.264. The Morgan fingerprint density at radius 1 is 1.04 bits per heavy atom. The fourth-order valence-electron chi connectivity index (χ4n) is 2.38. The average Bonchev–Trinajstić information content (AvgIpc) is 2.71. The van der Waals surface area contributed by atoms with Crippen molar-refractivity contribution >= 4 is 23.1 Å². The maximum absolute atomic E-state index is 12.3. The van der Waals surface area contributed by atoms with Gasteiger partial charge in [0.05, 0.1) is 23.8 Å². The van der Waals surface area contributed by atoms with Crippen LogP contribution in [0.5, 0.6) is 5.75 Å². The van der Waals surface area contributed by atoms with Crippen molar-refractivity contribution in [1.82, 2.24) is 4.98 Å². The van der Waals surface area contributed by atoms with Crippen molar-refractivity contribution in [3.8, 4) is 11.8 Å². The molecule has 6 nitrogen and oxygen atoms in total. The van der Waals surface area contributed by atoms with Crippen LogP contribution in [0.25, 0.3) is 0 Å². The van der Waals surface area contributed by atoms with Gasteiger partial charge in [-0.05, 0) is 67.6 Å². The molecule has 0 fully saturated rings. The van der Waals surface area contributed by atoms with E-state index in [1.165, 1.54) is 6.20 Å². The molecule has 27 heavy (non-hydrogen) atoms. The van der Waals surface area contributed by atoms with Crippen LogP contribution in [0.2, 0.25) is 0 Å². The summed E-state index contributed by atoms with van der Waals surface area (Å²) in [6, 6.07) is 19.7. The van der Waals surface area contributed by atoms with Crippen LogP contribution in [-0.4, -0.2) is 17.5 Å². The molecule has 0 aliphatic heterocycles. The number of aromatic nitrogens is 1. The van der Waals surface area contributed by atoms with Gasteiger partial charge in [-0.2, -0.15) is 5.26 Å². The first kappa shape index (κ1) is 18.0. The number of amides is 1. The number of carbonyl (C=O) groups is 1. The minimum Gasteiger partial charge on any atom is -0.494 e. The van der Waals surface area contributed by atoms with E-state index in [4.69, 9.17) is 10.00 Å². The number of pyridine rings is 1. The zero-order chi connectivity index (χ0) is 19.1. The Morgan fingerprint density at radius 3 is 2.33 bits per heavy atom. The molecule has 134 valence electrons. The second-order valence-electron chi connectivity index (χ2n) is 5.66. The zero-order valence-corrected chi connectivity index (χ0v) is 14.8. The molecular weight excluding hydrogens is 340 g/mol. The highest BCUT2D eigenvalue weighted by Crippen LogP contribution is 2.19. The number of hydrogen-bond acceptors (Lipinski definition) is 5. The molecule has 0 saturated heterocycles. The van der Waals surface area contributed by atoms with E-state index in [1.807, 2.05) is 37.3 Å². The topological polar surface area (TPSA) is 87.0 Å². The molecule has 2 aromatic carbocycles. The summed E-state index contributed by atoms with van der Waals surface area (Å²) in [5.41, 5.74) is 2.48. The number of anilines is 3. The predicted molar refractivity (Wildman–Crippen MR) is 104 cm³/mol. The Labute approximate surface area is 157 Å². The second-order valence-corrected chi connectivity index (χ2v) is 5.66. The summed E-state index contributed by atoms with van der Waals surface area (Å²) in [6.07, 6.45) is 1.51. The first-order valence-corrected chi connectivity index (χ1v) is 8.45. The van der Waals surface area contributed by atoms with Gasteiger partial charge in [-0.1, -0.05) is 0 Å². The summed E-state index contributed by atoms with van der Waals surface area (Å²) in [5, 5.41) is 14.7. The van der Waals surface area contributed by atoms with Gasteiger partial charge in [0.2, 0.25) is 0 Å². The molecular formula is C21H18N4O2. The van der Waals surface area contributed by atoms with Gasteiger partial charge < -0.3 is 15.4 Å². The third-order valence-corrected chi connectivity index (χ3v) is 3.74. The van der Waals surface area contributed by atoms with Crippen molar-refractivity contribution in [3.63, 3.8) is 0 Å². The fraction of sp³-hybridized carbons (Fsp3) is 0.0952. The van der Waals surface area contributed by atoms with E-state index in [0.29, 0.717) is 29.2 Å². The number of ether oxygens (including phenoxy) is 1. The molecule has 6 heteroatoms. The lowest BCUT2D eigenvalue weighted by Gasteiger charge is -2.09. The quantitative estimate of drug-likeness (QED) is 0.684. The maximum Gasteiger partial charge on any atom is 0.257 e. The maximum atomic E-state index is 12.3. The molecule has 0 unspecified atom stereocenters. The van der Waals surface area contributed by atoms with Gasteiger partial charge in [-0.15, -0.1) is 0 Å². The van der Waals surface area contributed by atoms with E-state index in [1.54, 1.807) is 36.4 Å². The van der Waals surface area contributed by atoms with Crippen molar-refractivity contribution in [1.29, 1.82) is 5.26 Å². The summed E-state index contributed by atoms with van der Waals surface area (Å²) in [5.74, 6) is 1.18. The Morgan fingerprint density at radius 2 is 1.74 bits per heavy atom. The number of carbonyl (C=O) groups excluding carboxylic acids is 1. The van der Waals surface area contributed by atoms with Gasteiger partial charge in [0, 0.05) is 17.6 Å². The minimum absolute atomic E-state index is 0.264. The highest BCUT2D eigenvalue weighted by atomic mass is 16.5. The van der Waals surface area contributed by atoms with Gasteiger partial charge >= 0.3 is 0 Å². The lowest BCUT2D eigenvalue weighted by Crippen LogP contribution is -2.12. The van der Waals surface area contributed by atoms with Crippen molar-refractivity contribution in [2.24, 2.45) is 0 Å². The molecule has 0 aliphatic rings. The molecule has 0 radical (unpaired) electrons. The molecule has 1 heterocycles. The highest BCUT2D eigenvalue weighted by molar-refractivity contribution is 6.04. The Hall–Kier alpha value is -3.85. The molecule has 0 bridgehead atoms. The van der Waals surface area contributed by atoms with Gasteiger partial charge in [0.1, 0.15) is 11.6 Å². The molecule has 2 N–H and O–H groups in total. The largest absolute Gasteiger partial charge is 0.494 e. The third kappa shape index (κ3) is 4.83. The van der Waals surface area contributed by atoms with Crippen LogP contribution in [-0.2, 0) is 0 Å². The number of hydrogen-bond donors (Lipinski definition) is 2. The summed E-state index contributed by atoms with van der Waals surface area (Å²) in [7, 11) is 0. The van der Waals surface area contributed by atoms with Crippen LogP contribution in [0.15, 0.2) is 66.9 Å². The van der Waals surface area contributed by atoms with E-state index in [9.17, 15) is 4.79 Å². The number of nitriles is 1. The molecule has 0 spiro atoms. The van der Waals surface area contributed by atoms with E-state index in [0.717, 1.165) is 11.4 Å². The van der Waals surface area contributed by atoms with E-state index < -0.39 is 0 Å². The normalized spacial score (nSPS) is 9.93. The monoisotopic (exact) mass is 358 g/mol. The van der Waals surface area contributed by atoms with E-state index in [2.05, 4.69) is 15.6 Å². The molecule has 3 aromatic rings. The number of nitrogens with one attached hydrogen (secondary N) is 2. The Kier molecular flexibility index (Phi) is 5.65. The Balaban J connectivity index is 1.62. The van der Waals surface area contributed by atoms with Crippen LogP contribution >= 0.6 is 0 Å². The smallest absolute Gasteiger partial charge is 0.257 e. The van der Waals surface area contributed by atoms with E-state index >= 15 is 0 Å². The lowest BCUT2D eigenvalue weighted by atomic mass is 10.2. The zero-order valence-electron chi connectivity index (χ0n) is 14.8. The number of rotatable bonds is 6. The number of nitrogens with zero attached hydrogens (tertiary/aromatic N) is 2. The highest BCUT2D eigenvalue weighted by Gasteiger charge is 2.07. The molecule has 0 atom stereocenters. The van der Waals surface area contributed by atoms with Crippen molar-refractivity contribution in [2.45, 2.75) is 6.92 Å². The molecule has 0 saturated carbocycles. The second kappa shape index (κ2) is 8.50. The first-order chi connectivity index (χ1) is 13.2. The van der Waals surface area contributed by atoms with Crippen LogP contribution in [0.1, 0.15) is 22.8 Å². The molecule has 1 aromatic heterocycles. The first-order valence-electron chi connectivity index (χ1n) is 8.45. The van der Waals surface area contributed by atoms with Crippen molar-refractivity contribution in [2.75, 3.05) is 17.2 Å². The SMILES string of the molecule is CCOc1ccc(Nc2ccc(C(=O)Nc3ccc(C#N)cc3)cn2)cc1. The lowest BCUT2D eigenvalue weighted by molar-refractivity contribution is 0.102. The van der Waals surface area contributed by atoms with Crippen LogP contribution in [0, 0.1) is 11.3 Å². The van der Waals surface area contributed by atoms with Crippen LogP contribution < -0.4 is 15.4 Å². The Bertz CT molecular complexity index is 943. The standard InChI is InChI=1S/C21H18N4O2/c1-2-27-19-10-8-17(9-11-19)24-20-12-5-16(14-23-20)21(26)25-18-6-3-15(13-22)4-7-18/h3-12,14H,2H2,1H3,(H,23,24)(H,25,26). The molecule has 0 aliphatic carbocycles. The van der Waals surface area contributed by atoms with Crippen molar-refractivity contribution < 1.29 is 9.53 Å². The van der Waals surface area contributed by atoms with E-state index in [-0.39, 0.29) is 5.91 Å². The summed E-state index contributed by atoms with van der Waals surface area (Å²) >= 11 is 0. The van der Waals surface area contributed by atoms with Crippen LogP contribution in [0.3, 0.4) is 0 Å². The predicted octanol–water partition coefficient (Wildman–Crippen LogP) is 4.35. The van der Waals surface area contributed by atoms with Gasteiger partial charge in [-0.3, -0.25) is 4.79 Å².